The molecule has 3 aliphatic rings. The van der Waals surface area contributed by atoms with E-state index in [0.717, 1.165) is 22.2 Å². The first kappa shape index (κ1) is 30.7. The van der Waals surface area contributed by atoms with Crippen LogP contribution in [0.5, 0.6) is 0 Å². The standard InChI is InChI=1S/C33H36N6O7/c1-20-29(41-17-21-10-4-2-5-11-21)28(40)25(16-39-24-15-9-8-14-23(24)35-38-39)44-32(20)46-30-26-19-43-33(45-26)27(36-37-34)31(30)42-18-22-12-6-3-7-13-22/h2-15,20,25-33,40H,16-19H2,1H3/t20?,25?,26?,27?,28-,29+,30-,31?,32+,33-/m1/s1. The Kier molecular flexibility index (Phi) is 9.24. The van der Waals surface area contributed by atoms with Crippen molar-refractivity contribution in [2.24, 2.45) is 11.0 Å². The van der Waals surface area contributed by atoms with Crippen LogP contribution in [-0.2, 0) is 48.2 Å². The van der Waals surface area contributed by atoms with Crippen LogP contribution in [0.3, 0.4) is 0 Å². The van der Waals surface area contributed by atoms with Crippen molar-refractivity contribution in [3.05, 3.63) is 106 Å². The van der Waals surface area contributed by atoms with Gasteiger partial charge in [-0.2, -0.15) is 0 Å². The molecule has 3 saturated heterocycles. The molecular formula is C33H36N6O7. The molecule has 4 aromatic rings. The third-order valence-corrected chi connectivity index (χ3v) is 8.83. The summed E-state index contributed by atoms with van der Waals surface area (Å²) in [5.74, 6) is -0.407. The minimum atomic E-state index is -0.996. The maximum atomic E-state index is 11.7. The molecule has 7 rings (SSSR count). The van der Waals surface area contributed by atoms with Crippen molar-refractivity contribution in [1.82, 2.24) is 15.0 Å². The third kappa shape index (κ3) is 6.37. The summed E-state index contributed by atoms with van der Waals surface area (Å²) in [5.41, 5.74) is 12.9. The number of fused-ring (bicyclic) bond motifs is 3. The topological polar surface area (TPSA) is 155 Å². The Morgan fingerprint density at radius 2 is 1.59 bits per heavy atom. The van der Waals surface area contributed by atoms with Gasteiger partial charge in [-0.05, 0) is 28.8 Å². The van der Waals surface area contributed by atoms with Gasteiger partial charge in [0.25, 0.3) is 0 Å². The summed E-state index contributed by atoms with van der Waals surface area (Å²) in [4.78, 5) is 3.06. The fourth-order valence-electron chi connectivity index (χ4n) is 6.41. The van der Waals surface area contributed by atoms with E-state index in [1.54, 1.807) is 4.68 Å². The predicted octanol–water partition coefficient (Wildman–Crippen LogP) is 4.14. The lowest BCUT2D eigenvalue weighted by Crippen LogP contribution is -2.61. The van der Waals surface area contributed by atoms with Crippen molar-refractivity contribution >= 4 is 11.0 Å². The lowest BCUT2D eigenvalue weighted by Gasteiger charge is -2.46. The van der Waals surface area contributed by atoms with Crippen molar-refractivity contribution in [3.8, 4) is 0 Å². The first-order valence-electron chi connectivity index (χ1n) is 15.5. The highest BCUT2D eigenvalue weighted by Crippen LogP contribution is 2.38. The van der Waals surface area contributed by atoms with Gasteiger partial charge < -0.3 is 33.5 Å². The number of aromatic nitrogens is 3. The zero-order chi connectivity index (χ0) is 31.5. The van der Waals surface area contributed by atoms with E-state index in [1.165, 1.54) is 0 Å². The van der Waals surface area contributed by atoms with E-state index < -0.39 is 61.2 Å². The van der Waals surface area contributed by atoms with Gasteiger partial charge in [-0.1, -0.05) is 90.0 Å². The predicted molar refractivity (Wildman–Crippen MR) is 164 cm³/mol. The molecule has 0 spiro atoms. The van der Waals surface area contributed by atoms with Gasteiger partial charge in [0.15, 0.2) is 12.6 Å². The van der Waals surface area contributed by atoms with Crippen molar-refractivity contribution in [1.29, 1.82) is 0 Å². The first-order valence-corrected chi connectivity index (χ1v) is 15.5. The second-order valence-corrected chi connectivity index (χ2v) is 11.8. The van der Waals surface area contributed by atoms with Crippen LogP contribution in [0.1, 0.15) is 18.1 Å². The normalized spacial score (nSPS) is 32.3. The van der Waals surface area contributed by atoms with Crippen LogP contribution in [0.4, 0.5) is 0 Å². The van der Waals surface area contributed by atoms with E-state index in [9.17, 15) is 10.6 Å². The van der Waals surface area contributed by atoms with Crippen LogP contribution in [0.2, 0.25) is 0 Å². The second-order valence-electron chi connectivity index (χ2n) is 11.8. The Morgan fingerprint density at radius 3 is 2.30 bits per heavy atom. The summed E-state index contributed by atoms with van der Waals surface area (Å²) < 4.78 is 39.8. The molecule has 10 atom stereocenters. The summed E-state index contributed by atoms with van der Waals surface area (Å²) in [6.45, 7) is 2.94. The fraction of sp³-hybridized carbons (Fsp3) is 0.455. The molecule has 3 fully saturated rings. The van der Waals surface area contributed by atoms with Gasteiger partial charge in [0.2, 0.25) is 0 Å². The van der Waals surface area contributed by atoms with E-state index in [1.807, 2.05) is 91.9 Å². The number of benzene rings is 3. The average Bonchev–Trinajstić information content (AvgIpc) is 3.71. The Hall–Kier alpha value is -3.91. The van der Waals surface area contributed by atoms with E-state index in [4.69, 9.17) is 28.4 Å². The molecular weight excluding hydrogens is 592 g/mol. The van der Waals surface area contributed by atoms with Gasteiger partial charge in [-0.3, -0.25) is 0 Å². The molecule has 0 amide bonds. The largest absolute Gasteiger partial charge is 0.388 e. The Labute approximate surface area is 265 Å². The average molecular weight is 629 g/mol. The van der Waals surface area contributed by atoms with E-state index in [-0.39, 0.29) is 19.8 Å². The maximum Gasteiger partial charge on any atom is 0.169 e. The van der Waals surface area contributed by atoms with Gasteiger partial charge in [0, 0.05) is 10.8 Å². The van der Waals surface area contributed by atoms with Crippen molar-refractivity contribution < 1.29 is 33.5 Å². The van der Waals surface area contributed by atoms with Gasteiger partial charge in [-0.25, -0.2) is 4.68 Å². The van der Waals surface area contributed by atoms with Crippen molar-refractivity contribution in [2.75, 3.05) is 6.61 Å². The lowest BCUT2D eigenvalue weighted by molar-refractivity contribution is -0.324. The Balaban J connectivity index is 1.16. The number of aliphatic hydroxyl groups excluding tert-OH is 1. The summed E-state index contributed by atoms with van der Waals surface area (Å²) in [6, 6.07) is 26.4. The molecule has 13 heteroatoms. The Bertz CT molecular complexity index is 1640. The smallest absolute Gasteiger partial charge is 0.169 e. The van der Waals surface area contributed by atoms with Crippen LogP contribution in [0, 0.1) is 5.92 Å². The molecule has 3 aliphatic heterocycles. The van der Waals surface area contributed by atoms with Crippen molar-refractivity contribution in [3.63, 3.8) is 0 Å². The number of aliphatic hydroxyl groups is 1. The quantitative estimate of drug-likeness (QED) is 0.147. The summed E-state index contributed by atoms with van der Waals surface area (Å²) in [5, 5.41) is 24.2. The molecule has 1 N–H and O–H groups in total. The maximum absolute atomic E-state index is 11.7. The van der Waals surface area contributed by atoms with Gasteiger partial charge in [-0.15, -0.1) is 5.10 Å². The van der Waals surface area contributed by atoms with Crippen LogP contribution in [0.25, 0.3) is 21.5 Å². The first-order chi connectivity index (χ1) is 22.6. The number of para-hydroxylation sites is 1. The van der Waals surface area contributed by atoms with Crippen LogP contribution >= 0.6 is 0 Å². The molecule has 0 aliphatic carbocycles. The molecule has 4 heterocycles. The number of ether oxygens (including phenoxy) is 6. The van der Waals surface area contributed by atoms with Crippen LogP contribution in [0.15, 0.2) is 90.0 Å². The molecule has 0 radical (unpaired) electrons. The molecule has 3 aromatic carbocycles. The van der Waals surface area contributed by atoms with Gasteiger partial charge in [0.1, 0.15) is 42.1 Å². The molecule has 1 aromatic heterocycles. The minimum absolute atomic E-state index is 0.213. The minimum Gasteiger partial charge on any atom is -0.388 e. The molecule has 0 saturated carbocycles. The number of nitrogens with zero attached hydrogens (tertiary/aromatic N) is 6. The molecule has 2 bridgehead atoms. The molecule has 240 valence electrons. The molecule has 13 nitrogen and oxygen atoms in total. The third-order valence-electron chi connectivity index (χ3n) is 8.83. The number of hydrogen-bond acceptors (Lipinski definition) is 10. The fourth-order valence-corrected chi connectivity index (χ4v) is 6.41. The highest BCUT2D eigenvalue weighted by atomic mass is 16.8. The van der Waals surface area contributed by atoms with Gasteiger partial charge >= 0.3 is 0 Å². The zero-order valence-corrected chi connectivity index (χ0v) is 25.3. The number of hydrogen-bond donors (Lipinski definition) is 1. The highest BCUT2D eigenvalue weighted by molar-refractivity contribution is 5.73. The van der Waals surface area contributed by atoms with E-state index in [0.29, 0.717) is 6.61 Å². The second kappa shape index (κ2) is 13.8. The lowest BCUT2D eigenvalue weighted by atomic mass is 9.91. The van der Waals surface area contributed by atoms with Crippen LogP contribution in [-0.4, -0.2) is 82.0 Å². The summed E-state index contributed by atoms with van der Waals surface area (Å²) in [7, 11) is 0. The zero-order valence-electron chi connectivity index (χ0n) is 25.3. The molecule has 46 heavy (non-hydrogen) atoms. The van der Waals surface area contributed by atoms with Gasteiger partial charge in [0.05, 0.1) is 38.0 Å². The monoisotopic (exact) mass is 628 g/mol. The van der Waals surface area contributed by atoms with E-state index in [2.05, 4.69) is 20.3 Å². The SMILES string of the molecule is CC1[C@H](O[C@@H]2C3CO[C@H](O3)C(N=[N+]=[N-])C2OCc2ccccc2)OC(Cn2nnc3ccccc32)[C@@H](O)[C@H]1OCc1ccccc1. The Morgan fingerprint density at radius 1 is 0.913 bits per heavy atom. The number of rotatable bonds is 11. The van der Waals surface area contributed by atoms with Crippen LogP contribution < -0.4 is 0 Å². The van der Waals surface area contributed by atoms with E-state index >= 15 is 0 Å². The molecule has 5 unspecified atom stereocenters. The summed E-state index contributed by atoms with van der Waals surface area (Å²) in [6.07, 6.45) is -5.86. The summed E-state index contributed by atoms with van der Waals surface area (Å²) >= 11 is 0. The number of azide groups is 1. The highest BCUT2D eigenvalue weighted by Gasteiger charge is 2.54. The van der Waals surface area contributed by atoms with Crippen molar-refractivity contribution in [2.45, 2.75) is 81.9 Å².